The lowest BCUT2D eigenvalue weighted by atomic mass is 10.1. The minimum absolute atomic E-state index is 0.267. The zero-order valence-electron chi connectivity index (χ0n) is 16.4. The summed E-state index contributed by atoms with van der Waals surface area (Å²) >= 11 is 0. The Hall–Kier alpha value is -2.41. The van der Waals surface area contributed by atoms with Crippen molar-refractivity contribution in [2.75, 3.05) is 33.3 Å². The zero-order chi connectivity index (χ0) is 19.2. The Morgan fingerprint density at radius 3 is 2.52 bits per heavy atom. The van der Waals surface area contributed by atoms with Crippen LogP contribution in [0.4, 0.5) is 0 Å². The minimum Gasteiger partial charge on any atom is -0.497 e. The largest absolute Gasteiger partial charge is 0.497 e. The van der Waals surface area contributed by atoms with Gasteiger partial charge in [-0.2, -0.15) is 4.98 Å². The molecule has 1 amide bonds. The van der Waals surface area contributed by atoms with Gasteiger partial charge in [0.15, 0.2) is 0 Å². The van der Waals surface area contributed by atoms with E-state index in [-0.39, 0.29) is 5.91 Å². The van der Waals surface area contributed by atoms with E-state index in [0.717, 1.165) is 43.9 Å². The summed E-state index contributed by atoms with van der Waals surface area (Å²) in [5.74, 6) is 2.80. The van der Waals surface area contributed by atoms with Crippen molar-refractivity contribution in [1.29, 1.82) is 0 Å². The number of aromatic nitrogens is 2. The summed E-state index contributed by atoms with van der Waals surface area (Å²) in [6.45, 7) is 8.08. The first-order valence-electron chi connectivity index (χ1n) is 9.52. The number of carbonyl (C=O) groups excluding carboxylic acids is 1. The number of rotatable bonds is 7. The lowest BCUT2D eigenvalue weighted by molar-refractivity contribution is -0.133. The lowest BCUT2D eigenvalue weighted by Gasteiger charge is -2.34. The molecule has 1 aliphatic rings. The number of amides is 1. The molecule has 0 N–H and O–H groups in total. The van der Waals surface area contributed by atoms with E-state index in [9.17, 15) is 4.79 Å². The number of hydrogen-bond acceptors (Lipinski definition) is 6. The molecule has 0 bridgehead atoms. The highest BCUT2D eigenvalue weighted by Crippen LogP contribution is 2.20. The number of hydrogen-bond donors (Lipinski definition) is 0. The third-order valence-electron chi connectivity index (χ3n) is 4.84. The molecule has 2 aromatic rings. The van der Waals surface area contributed by atoms with Crippen LogP contribution in [0.25, 0.3) is 11.4 Å². The van der Waals surface area contributed by atoms with E-state index in [2.05, 4.69) is 28.9 Å². The van der Waals surface area contributed by atoms with Crippen LogP contribution < -0.4 is 4.74 Å². The Balaban J connectivity index is 1.49. The first kappa shape index (κ1) is 19.4. The molecule has 146 valence electrons. The maximum absolute atomic E-state index is 12.2. The quantitative estimate of drug-likeness (QED) is 0.744. The molecule has 0 unspecified atom stereocenters. The normalized spacial score (nSPS) is 15.3. The van der Waals surface area contributed by atoms with E-state index in [1.54, 1.807) is 7.11 Å². The average Bonchev–Trinajstić information content (AvgIpc) is 3.15. The Morgan fingerprint density at radius 2 is 1.89 bits per heavy atom. The van der Waals surface area contributed by atoms with Crippen molar-refractivity contribution in [2.45, 2.75) is 33.2 Å². The van der Waals surface area contributed by atoms with Gasteiger partial charge in [0.1, 0.15) is 5.75 Å². The molecule has 0 spiro atoms. The fourth-order valence-corrected chi connectivity index (χ4v) is 3.09. The number of carbonyl (C=O) groups is 1. The Bertz CT molecular complexity index is 734. The van der Waals surface area contributed by atoms with Gasteiger partial charge in [-0.15, -0.1) is 0 Å². The van der Waals surface area contributed by atoms with Gasteiger partial charge in [-0.05, 0) is 36.6 Å². The molecule has 2 heterocycles. The maximum atomic E-state index is 12.2. The standard InChI is InChI=1S/C20H28N4O3/c1-15(2)4-9-19(25)24-12-10-23(11-13-24)14-18-21-20(22-27-18)16-5-7-17(26-3)8-6-16/h5-8,15H,4,9-14H2,1-3H3. The predicted octanol–water partition coefficient (Wildman–Crippen LogP) is 2.83. The summed E-state index contributed by atoms with van der Waals surface area (Å²) in [6, 6.07) is 7.58. The van der Waals surface area contributed by atoms with Crippen molar-refractivity contribution in [2.24, 2.45) is 5.92 Å². The van der Waals surface area contributed by atoms with Crippen molar-refractivity contribution >= 4 is 5.91 Å². The van der Waals surface area contributed by atoms with Crippen LogP contribution in [0.2, 0.25) is 0 Å². The van der Waals surface area contributed by atoms with Crippen LogP contribution in [0.15, 0.2) is 28.8 Å². The molecule has 0 saturated carbocycles. The molecule has 7 nitrogen and oxygen atoms in total. The molecule has 1 aromatic carbocycles. The van der Waals surface area contributed by atoms with Crippen LogP contribution in [0, 0.1) is 5.92 Å². The Kier molecular flexibility index (Phi) is 6.45. The van der Waals surface area contributed by atoms with Gasteiger partial charge < -0.3 is 14.2 Å². The molecular weight excluding hydrogens is 344 g/mol. The van der Waals surface area contributed by atoms with Crippen LogP contribution in [0.1, 0.15) is 32.6 Å². The summed E-state index contributed by atoms with van der Waals surface area (Å²) in [4.78, 5) is 20.9. The van der Waals surface area contributed by atoms with E-state index >= 15 is 0 Å². The second-order valence-electron chi connectivity index (χ2n) is 7.33. The van der Waals surface area contributed by atoms with Gasteiger partial charge in [0.25, 0.3) is 0 Å². The molecule has 1 saturated heterocycles. The van der Waals surface area contributed by atoms with Crippen LogP contribution in [-0.2, 0) is 11.3 Å². The molecule has 0 radical (unpaired) electrons. The van der Waals surface area contributed by atoms with Crippen molar-refractivity contribution in [3.8, 4) is 17.1 Å². The highest BCUT2D eigenvalue weighted by Gasteiger charge is 2.22. The third-order valence-corrected chi connectivity index (χ3v) is 4.84. The second-order valence-corrected chi connectivity index (χ2v) is 7.33. The molecule has 7 heteroatoms. The smallest absolute Gasteiger partial charge is 0.241 e. The Labute approximate surface area is 160 Å². The molecule has 1 fully saturated rings. The summed E-state index contributed by atoms with van der Waals surface area (Å²) in [7, 11) is 1.64. The van der Waals surface area contributed by atoms with Gasteiger partial charge in [0.05, 0.1) is 13.7 Å². The Morgan fingerprint density at radius 1 is 1.19 bits per heavy atom. The van der Waals surface area contributed by atoms with Gasteiger partial charge in [-0.25, -0.2) is 0 Å². The highest BCUT2D eigenvalue weighted by atomic mass is 16.5. The average molecular weight is 372 g/mol. The van der Waals surface area contributed by atoms with E-state index in [4.69, 9.17) is 9.26 Å². The number of nitrogens with zero attached hydrogens (tertiary/aromatic N) is 4. The van der Waals surface area contributed by atoms with Crippen LogP contribution in [-0.4, -0.2) is 59.1 Å². The highest BCUT2D eigenvalue weighted by molar-refractivity contribution is 5.76. The van der Waals surface area contributed by atoms with Gasteiger partial charge in [-0.1, -0.05) is 19.0 Å². The lowest BCUT2D eigenvalue weighted by Crippen LogP contribution is -2.48. The fourth-order valence-electron chi connectivity index (χ4n) is 3.09. The van der Waals surface area contributed by atoms with Crippen molar-refractivity contribution in [1.82, 2.24) is 19.9 Å². The summed E-state index contributed by atoms with van der Waals surface area (Å²) in [6.07, 6.45) is 1.60. The van der Waals surface area contributed by atoms with Gasteiger partial charge in [0.2, 0.25) is 17.6 Å². The van der Waals surface area contributed by atoms with Crippen LogP contribution in [0.3, 0.4) is 0 Å². The van der Waals surface area contributed by atoms with Crippen LogP contribution in [0.5, 0.6) is 5.75 Å². The van der Waals surface area contributed by atoms with Gasteiger partial charge in [-0.3, -0.25) is 9.69 Å². The first-order chi connectivity index (χ1) is 13.0. The zero-order valence-corrected chi connectivity index (χ0v) is 16.4. The molecule has 27 heavy (non-hydrogen) atoms. The van der Waals surface area contributed by atoms with E-state index in [1.165, 1.54) is 0 Å². The van der Waals surface area contributed by atoms with Crippen LogP contribution >= 0.6 is 0 Å². The van der Waals surface area contributed by atoms with E-state index in [0.29, 0.717) is 30.6 Å². The van der Waals surface area contributed by atoms with E-state index < -0.39 is 0 Å². The van der Waals surface area contributed by atoms with Crippen molar-refractivity contribution in [3.05, 3.63) is 30.2 Å². The predicted molar refractivity (Wildman–Crippen MR) is 102 cm³/mol. The molecule has 0 aliphatic carbocycles. The topological polar surface area (TPSA) is 71.7 Å². The molecule has 3 rings (SSSR count). The number of ether oxygens (including phenoxy) is 1. The minimum atomic E-state index is 0.267. The van der Waals surface area contributed by atoms with Gasteiger partial charge in [0, 0.05) is 38.2 Å². The number of piperazine rings is 1. The molecule has 0 atom stereocenters. The van der Waals surface area contributed by atoms with Gasteiger partial charge >= 0.3 is 0 Å². The summed E-state index contributed by atoms with van der Waals surface area (Å²) in [5.41, 5.74) is 0.895. The number of benzene rings is 1. The summed E-state index contributed by atoms with van der Waals surface area (Å²) in [5, 5.41) is 4.07. The monoisotopic (exact) mass is 372 g/mol. The SMILES string of the molecule is COc1ccc(-c2noc(CN3CCN(C(=O)CCC(C)C)CC3)n2)cc1. The fraction of sp³-hybridized carbons (Fsp3) is 0.550. The van der Waals surface area contributed by atoms with Crippen molar-refractivity contribution in [3.63, 3.8) is 0 Å². The first-order valence-corrected chi connectivity index (χ1v) is 9.52. The molecule has 1 aromatic heterocycles. The summed E-state index contributed by atoms with van der Waals surface area (Å²) < 4.78 is 10.6. The molecular formula is C20H28N4O3. The second kappa shape index (κ2) is 8.99. The maximum Gasteiger partial charge on any atom is 0.241 e. The van der Waals surface area contributed by atoms with E-state index in [1.807, 2.05) is 29.2 Å². The third kappa shape index (κ3) is 5.29. The number of methoxy groups -OCH3 is 1. The van der Waals surface area contributed by atoms with Crippen molar-refractivity contribution < 1.29 is 14.1 Å². The molecule has 1 aliphatic heterocycles.